The van der Waals surface area contributed by atoms with Gasteiger partial charge in [-0.1, -0.05) is 25.1 Å². The summed E-state index contributed by atoms with van der Waals surface area (Å²) in [7, 11) is 0. The van der Waals surface area contributed by atoms with Crippen LogP contribution in [-0.2, 0) is 11.3 Å². The zero-order valence-electron chi connectivity index (χ0n) is 11.5. The molecule has 0 aromatic carbocycles. The summed E-state index contributed by atoms with van der Waals surface area (Å²) >= 11 is 4.85. The summed E-state index contributed by atoms with van der Waals surface area (Å²) in [6, 6.07) is 3.60. The Morgan fingerprint density at radius 3 is 2.70 bits per heavy atom. The lowest BCUT2D eigenvalue weighted by atomic mass is 10.2. The number of rotatable bonds is 4. The molecule has 0 saturated heterocycles. The Labute approximate surface area is 123 Å². The number of hydrogen-bond acceptors (Lipinski definition) is 3. The molecule has 0 unspecified atom stereocenters. The maximum atomic E-state index is 12.2. The first-order valence-corrected chi connectivity index (χ1v) is 7.19. The molecule has 0 spiro atoms. The molecule has 6 heteroatoms. The Hall–Kier alpha value is -1.69. The molecule has 1 heterocycles. The van der Waals surface area contributed by atoms with E-state index in [0.717, 1.165) is 31.4 Å². The van der Waals surface area contributed by atoms with Crippen molar-refractivity contribution >= 4 is 23.1 Å². The van der Waals surface area contributed by atoms with E-state index in [1.54, 1.807) is 19.1 Å². The molecule has 1 amide bonds. The molecular weight excluding hydrogens is 274 g/mol. The monoisotopic (exact) mass is 293 g/mol. The lowest BCUT2D eigenvalue weighted by Crippen LogP contribution is -2.39. The Morgan fingerprint density at radius 2 is 2.10 bits per heavy atom. The number of nitrogens with two attached hydrogens (primary N) is 1. The van der Waals surface area contributed by atoms with Crippen LogP contribution in [0, 0.1) is 6.92 Å². The fourth-order valence-electron chi connectivity index (χ4n) is 2.54. The Bertz CT molecular complexity index is 589. The van der Waals surface area contributed by atoms with Gasteiger partial charge in [0.1, 0.15) is 11.5 Å². The largest absolute Gasteiger partial charge is 0.389 e. The third kappa shape index (κ3) is 3.25. The summed E-state index contributed by atoms with van der Waals surface area (Å²) in [5, 5.41) is 2.97. The number of thiocarbonyl (C=S) groups is 1. The lowest BCUT2D eigenvalue weighted by molar-refractivity contribution is -0.122. The maximum Gasteiger partial charge on any atom is 0.261 e. The number of carbonyl (C=O) groups excluding carboxylic acids is 1. The van der Waals surface area contributed by atoms with Crippen LogP contribution < -0.4 is 16.6 Å². The van der Waals surface area contributed by atoms with Gasteiger partial charge in [-0.2, -0.15) is 0 Å². The average molecular weight is 293 g/mol. The molecule has 1 aromatic heterocycles. The minimum absolute atomic E-state index is 0.0115. The molecule has 1 aromatic rings. The number of hydrogen-bond donors (Lipinski definition) is 2. The molecule has 0 aliphatic heterocycles. The first kappa shape index (κ1) is 14.7. The molecule has 0 bridgehead atoms. The van der Waals surface area contributed by atoms with Crippen molar-refractivity contribution in [1.82, 2.24) is 9.88 Å². The molecule has 1 aliphatic rings. The van der Waals surface area contributed by atoms with Gasteiger partial charge in [0.2, 0.25) is 5.91 Å². The fourth-order valence-corrected chi connectivity index (χ4v) is 2.70. The van der Waals surface area contributed by atoms with Gasteiger partial charge in [-0.05, 0) is 31.9 Å². The SMILES string of the molecule is Cc1ccc(C(N)=S)c(=O)n1CC(=O)NC1CCCC1. The highest BCUT2D eigenvalue weighted by Crippen LogP contribution is 2.17. The van der Waals surface area contributed by atoms with Crippen molar-refractivity contribution in [2.24, 2.45) is 5.73 Å². The number of amides is 1. The summed E-state index contributed by atoms with van der Waals surface area (Å²) in [5.74, 6) is -0.137. The molecule has 5 nitrogen and oxygen atoms in total. The van der Waals surface area contributed by atoms with Crippen LogP contribution in [0.2, 0.25) is 0 Å². The highest BCUT2D eigenvalue weighted by molar-refractivity contribution is 7.80. The predicted octanol–water partition coefficient (Wildman–Crippen LogP) is 0.850. The maximum absolute atomic E-state index is 12.2. The number of aryl methyl sites for hydroxylation is 1. The van der Waals surface area contributed by atoms with E-state index in [4.69, 9.17) is 18.0 Å². The molecule has 3 N–H and O–H groups in total. The van der Waals surface area contributed by atoms with Crippen LogP contribution >= 0.6 is 12.2 Å². The minimum Gasteiger partial charge on any atom is -0.389 e. The van der Waals surface area contributed by atoms with E-state index in [1.807, 2.05) is 0 Å². The minimum atomic E-state index is -0.306. The molecule has 0 radical (unpaired) electrons. The van der Waals surface area contributed by atoms with Crippen molar-refractivity contribution in [1.29, 1.82) is 0 Å². The standard InChI is InChI=1S/C14H19N3O2S/c1-9-6-7-11(13(15)20)14(19)17(9)8-12(18)16-10-4-2-3-5-10/h6-7,10H,2-5,8H2,1H3,(H2,15,20)(H,16,18). The summed E-state index contributed by atoms with van der Waals surface area (Å²) < 4.78 is 1.42. The third-order valence-electron chi connectivity index (χ3n) is 3.68. The number of carbonyl (C=O) groups is 1. The molecule has 2 rings (SSSR count). The summed E-state index contributed by atoms with van der Waals surface area (Å²) in [5.41, 5.74) is 6.20. The first-order chi connectivity index (χ1) is 9.49. The second-order valence-electron chi connectivity index (χ2n) is 5.19. The van der Waals surface area contributed by atoms with Crippen molar-refractivity contribution < 1.29 is 4.79 Å². The quantitative estimate of drug-likeness (QED) is 0.807. The highest BCUT2D eigenvalue weighted by atomic mass is 32.1. The summed E-state index contributed by atoms with van der Waals surface area (Å²) in [6.45, 7) is 1.80. The van der Waals surface area contributed by atoms with Gasteiger partial charge in [0, 0.05) is 11.7 Å². The van der Waals surface area contributed by atoms with E-state index in [2.05, 4.69) is 5.32 Å². The van der Waals surface area contributed by atoms with Crippen molar-refractivity contribution in [2.75, 3.05) is 0 Å². The first-order valence-electron chi connectivity index (χ1n) is 6.78. The van der Waals surface area contributed by atoms with Crippen molar-refractivity contribution in [3.8, 4) is 0 Å². The van der Waals surface area contributed by atoms with Crippen LogP contribution in [0.3, 0.4) is 0 Å². The second kappa shape index (κ2) is 6.17. The predicted molar refractivity (Wildman–Crippen MR) is 81.7 cm³/mol. The van der Waals surface area contributed by atoms with E-state index >= 15 is 0 Å². The Kier molecular flexibility index (Phi) is 4.54. The van der Waals surface area contributed by atoms with Crippen molar-refractivity contribution in [2.45, 2.75) is 45.2 Å². The lowest BCUT2D eigenvalue weighted by Gasteiger charge is -2.15. The van der Waals surface area contributed by atoms with Crippen LogP contribution in [0.4, 0.5) is 0 Å². The zero-order valence-corrected chi connectivity index (χ0v) is 12.3. The smallest absolute Gasteiger partial charge is 0.261 e. The van der Waals surface area contributed by atoms with Gasteiger partial charge in [-0.15, -0.1) is 0 Å². The van der Waals surface area contributed by atoms with Gasteiger partial charge in [0.05, 0.1) is 5.56 Å². The van der Waals surface area contributed by atoms with Crippen LogP contribution in [-0.4, -0.2) is 21.5 Å². The Balaban J connectivity index is 2.15. The highest BCUT2D eigenvalue weighted by Gasteiger charge is 2.18. The average Bonchev–Trinajstić information content (AvgIpc) is 2.86. The number of pyridine rings is 1. The third-order valence-corrected chi connectivity index (χ3v) is 3.90. The molecule has 108 valence electrons. The van der Waals surface area contributed by atoms with E-state index in [1.165, 1.54) is 4.57 Å². The second-order valence-corrected chi connectivity index (χ2v) is 5.63. The topological polar surface area (TPSA) is 77.1 Å². The number of nitrogens with zero attached hydrogens (tertiary/aromatic N) is 1. The molecule has 1 aliphatic carbocycles. The van der Waals surface area contributed by atoms with Gasteiger partial charge < -0.3 is 15.6 Å². The fraction of sp³-hybridized carbons (Fsp3) is 0.500. The summed E-state index contributed by atoms with van der Waals surface area (Å²) in [4.78, 5) is 24.3. The van der Waals surface area contributed by atoms with E-state index in [-0.39, 0.29) is 34.6 Å². The molecule has 20 heavy (non-hydrogen) atoms. The van der Waals surface area contributed by atoms with E-state index in [9.17, 15) is 9.59 Å². The van der Waals surface area contributed by atoms with E-state index < -0.39 is 0 Å². The normalized spacial score (nSPS) is 15.2. The van der Waals surface area contributed by atoms with Gasteiger partial charge in [0.15, 0.2) is 0 Å². The molecular formula is C14H19N3O2S. The van der Waals surface area contributed by atoms with Gasteiger partial charge in [-0.25, -0.2) is 0 Å². The van der Waals surface area contributed by atoms with Gasteiger partial charge in [0.25, 0.3) is 5.56 Å². The van der Waals surface area contributed by atoms with Crippen LogP contribution in [0.25, 0.3) is 0 Å². The number of nitrogens with one attached hydrogen (secondary N) is 1. The van der Waals surface area contributed by atoms with Crippen LogP contribution in [0.1, 0.15) is 36.9 Å². The van der Waals surface area contributed by atoms with Gasteiger partial charge in [-0.3, -0.25) is 9.59 Å². The molecule has 1 saturated carbocycles. The van der Waals surface area contributed by atoms with Crippen molar-refractivity contribution in [3.05, 3.63) is 33.7 Å². The molecule has 1 fully saturated rings. The molecule has 0 atom stereocenters. The van der Waals surface area contributed by atoms with Crippen LogP contribution in [0.5, 0.6) is 0 Å². The van der Waals surface area contributed by atoms with Crippen molar-refractivity contribution in [3.63, 3.8) is 0 Å². The van der Waals surface area contributed by atoms with Gasteiger partial charge >= 0.3 is 0 Å². The zero-order chi connectivity index (χ0) is 14.7. The van der Waals surface area contributed by atoms with E-state index in [0.29, 0.717) is 0 Å². The van der Waals surface area contributed by atoms with Crippen LogP contribution in [0.15, 0.2) is 16.9 Å². The number of aromatic nitrogens is 1. The summed E-state index contributed by atoms with van der Waals surface area (Å²) in [6.07, 6.45) is 4.35. The Morgan fingerprint density at radius 1 is 1.45 bits per heavy atom.